The number of nitrogens with one attached hydrogen (secondary N) is 5. The van der Waals surface area contributed by atoms with Gasteiger partial charge in [0.05, 0.1) is 61.3 Å². The molecule has 0 bridgehead atoms. The number of aryl methyl sites for hydroxylation is 8. The maximum Gasteiger partial charge on any atom is 0.435 e. The lowest BCUT2D eigenvalue weighted by molar-refractivity contribution is -0.142. The molecule has 746 valence electrons. The molecule has 0 aliphatic carbocycles. The van der Waals surface area contributed by atoms with E-state index in [9.17, 15) is 107 Å². The fourth-order valence-corrected chi connectivity index (χ4v) is 15.0. The van der Waals surface area contributed by atoms with E-state index in [2.05, 4.69) is 51.7 Å². The fraction of sp³-hybridized carbons (Fsp3) is 0.153. The number of carbonyl (C=O) groups excluding carboxylic acids is 5. The minimum atomic E-state index is -4.70. The van der Waals surface area contributed by atoms with Gasteiger partial charge >= 0.3 is 24.7 Å². The van der Waals surface area contributed by atoms with Gasteiger partial charge in [0, 0.05) is 124 Å². The number of halogens is 19. The third-order valence-corrected chi connectivity index (χ3v) is 22.5. The predicted octanol–water partition coefficient (Wildman–Crippen LogP) is 23.6. The highest BCUT2D eigenvalue weighted by Crippen LogP contribution is 2.41. The molecule has 144 heavy (non-hydrogen) atoms. The standard InChI is InChI=1S/C21H22F2N4O.C20H16F3N5OS.C20H15F3N4O2.C19H15F5N4O.C18H11F6N3O/c1-4-14-11-18(27(5-2)26-14)15-8-7-13(10-16(15)24)21(28)25-17-9-6-12(3)19(22)20(17)23;1-2-28-16(9-18(27-28)20(21,22)23)13-5-3-11(7-14(13)24)19(29)26-12-4-6-17-15(8-12)25-10-30-17;1-27-15(10-18(26-27)20(21,22)23)13-7-6-12(9-14(13)24)25-19(28)17-8-11-4-2-3-5-16(11)29-17;1-9-3-6-13(17(21)16(9)20)26-18(29)10-4-5-11(12(25)7-10)14-8-15(19(22,23)24)27-28(14)2;1-27-14(8-15(26-27)18(22,23)24)10-6-5-9(7-13(10)21)17(28)25-16-11(19)3-2-4-12(16)20/h6-11H,4-5,24H2,1-3H3,(H,25,28);3-10H,2,24H2,1H3,(H,26,29);2-10H,24H2,1H3,(H,25,28);3-8H,25H2,1-2H3,(H,26,29);2-8H,1H3,(H,25,28). The summed E-state index contributed by atoms with van der Waals surface area (Å²) < 4.78 is 264. The molecule has 0 fully saturated rings. The molecule has 5 amide bonds. The van der Waals surface area contributed by atoms with Gasteiger partial charge in [0.2, 0.25) is 0 Å². The minimum absolute atomic E-state index is 0.0184. The van der Waals surface area contributed by atoms with Crippen molar-refractivity contribution in [3.8, 4) is 56.3 Å². The number of anilines is 9. The van der Waals surface area contributed by atoms with Gasteiger partial charge in [0.15, 0.2) is 51.8 Å². The van der Waals surface area contributed by atoms with Crippen molar-refractivity contribution in [3.05, 3.63) is 326 Å². The summed E-state index contributed by atoms with van der Waals surface area (Å²) in [6, 6.07) is 48.6. The zero-order chi connectivity index (χ0) is 105. The van der Waals surface area contributed by atoms with Crippen LogP contribution in [0.5, 0.6) is 0 Å². The van der Waals surface area contributed by atoms with E-state index in [1.165, 1.54) is 130 Å². The van der Waals surface area contributed by atoms with Crippen molar-refractivity contribution in [2.24, 2.45) is 21.1 Å². The molecule has 46 heteroatoms. The summed E-state index contributed by atoms with van der Waals surface area (Å²) in [4.78, 5) is 66.2. The molecular formula is C98H79F19N20O6S. The summed E-state index contributed by atoms with van der Waals surface area (Å²) >= 11 is 1.50. The van der Waals surface area contributed by atoms with E-state index in [4.69, 9.17) is 27.4 Å². The van der Waals surface area contributed by atoms with Gasteiger partial charge in [0.1, 0.15) is 28.7 Å². The number of carbonyl (C=O) groups is 5. The largest absolute Gasteiger partial charge is 0.451 e. The molecule has 0 radical (unpaired) electrons. The number of rotatable bonds is 18. The number of nitrogens with zero attached hydrogens (tertiary/aromatic N) is 11. The monoisotopic (exact) mass is 2020 g/mol. The number of hydrogen-bond donors (Lipinski definition) is 9. The third kappa shape index (κ3) is 23.8. The van der Waals surface area contributed by atoms with E-state index in [0.717, 1.165) is 108 Å². The predicted molar refractivity (Wildman–Crippen MR) is 504 cm³/mol. The summed E-state index contributed by atoms with van der Waals surface area (Å²) in [7, 11) is 3.95. The van der Waals surface area contributed by atoms with Crippen LogP contribution in [0.1, 0.15) is 112 Å². The first-order valence-electron chi connectivity index (χ1n) is 42.6. The van der Waals surface area contributed by atoms with Crippen LogP contribution in [0, 0.1) is 54.6 Å². The molecule has 0 spiro atoms. The maximum absolute atomic E-state index is 14.4. The first-order chi connectivity index (χ1) is 67.9. The van der Waals surface area contributed by atoms with Gasteiger partial charge in [-0.25, -0.2) is 35.7 Å². The smallest absolute Gasteiger partial charge is 0.435 e. The van der Waals surface area contributed by atoms with Crippen LogP contribution in [-0.2, 0) is 65.4 Å². The third-order valence-electron chi connectivity index (χ3n) is 21.7. The molecule has 0 aliphatic heterocycles. The number of aromatic nitrogens is 11. The Morgan fingerprint density at radius 1 is 0.368 bits per heavy atom. The molecule has 10 aromatic carbocycles. The molecule has 0 atom stereocenters. The summed E-state index contributed by atoms with van der Waals surface area (Å²) in [6.45, 7) is 9.47. The van der Waals surface area contributed by atoms with E-state index in [1.54, 1.807) is 61.0 Å². The molecule has 13 N–H and O–H groups in total. The molecule has 17 rings (SSSR count). The van der Waals surface area contributed by atoms with Crippen molar-refractivity contribution in [1.82, 2.24) is 53.9 Å². The second-order valence-electron chi connectivity index (χ2n) is 31.6. The Balaban J connectivity index is 0.000000151. The van der Waals surface area contributed by atoms with Crippen molar-refractivity contribution in [2.75, 3.05) is 49.5 Å². The number of thiazole rings is 1. The number of hydrogen-bond acceptors (Lipinski definition) is 17. The molecule has 26 nitrogen and oxygen atoms in total. The first kappa shape index (κ1) is 104. The molecule has 7 aromatic heterocycles. The normalized spacial score (nSPS) is 11.5. The van der Waals surface area contributed by atoms with Gasteiger partial charge in [-0.05, 0) is 221 Å². The molecule has 17 aromatic rings. The van der Waals surface area contributed by atoms with Crippen LogP contribution in [0.3, 0.4) is 0 Å². The Morgan fingerprint density at radius 2 is 0.757 bits per heavy atom. The number of fused-ring (bicyclic) bond motifs is 2. The second-order valence-corrected chi connectivity index (χ2v) is 32.5. The van der Waals surface area contributed by atoms with Gasteiger partial charge in [0.25, 0.3) is 29.5 Å². The average Bonchev–Trinajstić information content (AvgIpc) is 1.64. The van der Waals surface area contributed by atoms with Crippen LogP contribution in [0.15, 0.2) is 222 Å². The van der Waals surface area contributed by atoms with Crippen molar-refractivity contribution in [3.63, 3.8) is 0 Å². The lowest BCUT2D eigenvalue weighted by Gasteiger charge is -2.11. The number of nitrogen functional groups attached to an aromatic ring is 4. The van der Waals surface area contributed by atoms with Crippen LogP contribution in [0.2, 0.25) is 0 Å². The van der Waals surface area contributed by atoms with Crippen molar-refractivity contribution in [1.29, 1.82) is 0 Å². The zero-order valence-electron chi connectivity index (χ0n) is 76.2. The van der Waals surface area contributed by atoms with Gasteiger partial charge in [-0.1, -0.05) is 43.3 Å². The highest BCUT2D eigenvalue weighted by Gasteiger charge is 2.39. The van der Waals surface area contributed by atoms with E-state index in [-0.39, 0.29) is 114 Å². The fourth-order valence-electron chi connectivity index (χ4n) is 14.3. The number of amides is 5. The molecule has 0 saturated carbocycles. The van der Waals surface area contributed by atoms with Gasteiger partial charge < -0.3 is 53.9 Å². The lowest BCUT2D eigenvalue weighted by Crippen LogP contribution is -2.14. The van der Waals surface area contributed by atoms with Crippen molar-refractivity contribution in [2.45, 2.75) is 78.8 Å². The zero-order valence-corrected chi connectivity index (χ0v) is 77.0. The highest BCUT2D eigenvalue weighted by molar-refractivity contribution is 7.16. The summed E-state index contributed by atoms with van der Waals surface area (Å²) in [5.41, 5.74) is 27.8. The van der Waals surface area contributed by atoms with Crippen LogP contribution >= 0.6 is 11.3 Å². The van der Waals surface area contributed by atoms with E-state index < -0.39 is 118 Å². The summed E-state index contributed by atoms with van der Waals surface area (Å²) in [5.74, 6) is -10.4. The Hall–Kier alpha value is -17.1. The van der Waals surface area contributed by atoms with Gasteiger partial charge in [-0.3, -0.25) is 47.4 Å². The van der Waals surface area contributed by atoms with Crippen molar-refractivity contribution < 1.29 is 112 Å². The number of alkyl halides is 12. The second kappa shape index (κ2) is 42.5. The number of benzene rings is 10. The summed E-state index contributed by atoms with van der Waals surface area (Å²) in [5, 5.41) is 31.2. The Labute approximate surface area is 807 Å². The minimum Gasteiger partial charge on any atom is -0.451 e. The number of nitrogens with two attached hydrogens (primary N) is 4. The van der Waals surface area contributed by atoms with Crippen molar-refractivity contribution >= 4 is 113 Å². The Morgan fingerprint density at radius 3 is 1.20 bits per heavy atom. The topological polar surface area (TPSA) is 365 Å². The highest BCUT2D eigenvalue weighted by atomic mass is 32.1. The van der Waals surface area contributed by atoms with Crippen LogP contribution in [0.4, 0.5) is 135 Å². The lowest BCUT2D eigenvalue weighted by atomic mass is 10.0. The van der Waals surface area contributed by atoms with E-state index >= 15 is 0 Å². The van der Waals surface area contributed by atoms with E-state index in [0.29, 0.717) is 46.4 Å². The number of para-hydroxylation sites is 2. The van der Waals surface area contributed by atoms with E-state index in [1.807, 2.05) is 48.1 Å². The quantitative estimate of drug-likeness (QED) is 0.0285. The van der Waals surface area contributed by atoms with Crippen LogP contribution in [-0.4, -0.2) is 83.4 Å². The first-order valence-corrected chi connectivity index (χ1v) is 43.4. The molecule has 0 aliphatic rings. The molecular weight excluding hydrogens is 1950 g/mol. The Kier molecular flexibility index (Phi) is 30.8. The molecule has 0 saturated heterocycles. The SMILES string of the molecule is CCc1cc(-c2ccc(C(=O)Nc3ccc(C)c(F)c3F)cc2N)n(CC)n1.CCn1nc(C(F)(F)F)cc1-c1ccc(C(=O)Nc2ccc3scnc3c2)cc1N.Cc1ccc(NC(=O)c2ccc(-c3cc(C(F)(F)F)nn3C)c(N)c2)c(F)c1F.Cn1nc(C(F)(F)F)cc1-c1ccc(C(=O)Nc2c(F)cccc2F)cc1F.Cn1nc(C(F)(F)F)cc1-c1ccc(NC(=O)c2cc3ccccc3o2)cc1N. The van der Waals surface area contributed by atoms with Crippen LogP contribution < -0.4 is 49.5 Å². The number of furan rings is 1. The average molecular weight is 2030 g/mol. The van der Waals surface area contributed by atoms with Gasteiger partial charge in [-0.15, -0.1) is 11.3 Å². The van der Waals surface area contributed by atoms with Crippen LogP contribution in [0.25, 0.3) is 77.5 Å². The van der Waals surface area contributed by atoms with Gasteiger partial charge in [-0.2, -0.15) is 78.2 Å². The molecule has 7 heterocycles. The summed E-state index contributed by atoms with van der Waals surface area (Å²) in [6.07, 6.45) is -17.6. The maximum atomic E-state index is 14.4. The molecule has 0 unspecified atom stereocenters. The Bertz CT molecular complexity index is 7710.